The number of alkyl halides is 4. The lowest BCUT2D eigenvalue weighted by atomic mass is 10.2. The van der Waals surface area contributed by atoms with Crippen LogP contribution < -0.4 is 10.6 Å². The van der Waals surface area contributed by atoms with Gasteiger partial charge in [0.15, 0.2) is 6.04 Å². The molecule has 0 heterocycles. The number of hydrogen-bond acceptors (Lipinski definition) is 3. The van der Waals surface area contributed by atoms with Gasteiger partial charge in [-0.05, 0) is 6.92 Å². The number of aliphatic hydroxyl groups is 1. The van der Waals surface area contributed by atoms with Gasteiger partial charge in [0.05, 0.1) is 12.6 Å². The summed E-state index contributed by atoms with van der Waals surface area (Å²) in [6, 6.07) is -3.13. The maximum Gasteiger partial charge on any atom is 0.328 e. The zero-order chi connectivity index (χ0) is 14.5. The van der Waals surface area contributed by atoms with Crippen LogP contribution in [0.25, 0.3) is 0 Å². The highest BCUT2D eigenvalue weighted by Crippen LogP contribution is 2.21. The van der Waals surface area contributed by atoms with Crippen molar-refractivity contribution in [2.45, 2.75) is 31.4 Å². The van der Waals surface area contributed by atoms with Crippen molar-refractivity contribution in [3.05, 3.63) is 0 Å². The standard InChI is InChI=1S/C8H12F4N2O4/c1-3(15)4(5(16)17)14-7(18)13-2-8(11,12)6(9)10/h3-4,6,15H,2H2,1H3,(H,16,17)(H2,13,14,18). The van der Waals surface area contributed by atoms with E-state index in [2.05, 4.69) is 0 Å². The maximum atomic E-state index is 12.4. The third kappa shape index (κ3) is 5.17. The normalized spacial score (nSPS) is 15.1. The molecule has 0 rings (SSSR count). The van der Waals surface area contributed by atoms with E-state index in [0.29, 0.717) is 0 Å². The van der Waals surface area contributed by atoms with Crippen LogP contribution in [0.4, 0.5) is 22.4 Å². The fraction of sp³-hybridized carbons (Fsp3) is 0.750. The predicted octanol–water partition coefficient (Wildman–Crippen LogP) is 0.0200. The molecule has 0 bridgehead atoms. The van der Waals surface area contributed by atoms with E-state index in [9.17, 15) is 27.2 Å². The number of carboxylic acid groups (broad SMARTS) is 1. The summed E-state index contributed by atoms with van der Waals surface area (Å²) in [6.45, 7) is -0.602. The number of halogens is 4. The van der Waals surface area contributed by atoms with Crippen LogP contribution in [0.5, 0.6) is 0 Å². The van der Waals surface area contributed by atoms with Crippen molar-refractivity contribution in [2.75, 3.05) is 6.54 Å². The Labute approximate surface area is 99.0 Å². The van der Waals surface area contributed by atoms with Crippen LogP contribution in [0.2, 0.25) is 0 Å². The van der Waals surface area contributed by atoms with Gasteiger partial charge in [0, 0.05) is 0 Å². The van der Waals surface area contributed by atoms with Gasteiger partial charge in [-0.2, -0.15) is 8.78 Å². The minimum Gasteiger partial charge on any atom is -0.480 e. The van der Waals surface area contributed by atoms with E-state index in [-0.39, 0.29) is 0 Å². The highest BCUT2D eigenvalue weighted by atomic mass is 19.3. The molecule has 0 aliphatic carbocycles. The molecule has 106 valence electrons. The monoisotopic (exact) mass is 276 g/mol. The summed E-state index contributed by atoms with van der Waals surface area (Å²) < 4.78 is 48.3. The molecule has 0 radical (unpaired) electrons. The lowest BCUT2D eigenvalue weighted by Crippen LogP contribution is -2.53. The first-order chi connectivity index (χ1) is 8.08. The Hall–Kier alpha value is -1.58. The van der Waals surface area contributed by atoms with Gasteiger partial charge >= 0.3 is 24.3 Å². The summed E-state index contributed by atoms with van der Waals surface area (Å²) in [7, 11) is 0. The van der Waals surface area contributed by atoms with E-state index < -0.39 is 43.0 Å². The molecule has 0 spiro atoms. The second-order valence-corrected chi connectivity index (χ2v) is 3.45. The summed E-state index contributed by atoms with van der Waals surface area (Å²) in [5, 5.41) is 20.5. The molecule has 2 unspecified atom stereocenters. The largest absolute Gasteiger partial charge is 0.480 e. The Morgan fingerprint density at radius 1 is 1.33 bits per heavy atom. The van der Waals surface area contributed by atoms with Gasteiger partial charge in [-0.15, -0.1) is 0 Å². The molecule has 2 amide bonds. The van der Waals surface area contributed by atoms with E-state index in [1.807, 2.05) is 0 Å². The van der Waals surface area contributed by atoms with Crippen molar-refractivity contribution in [1.82, 2.24) is 10.6 Å². The Bertz CT molecular complexity index is 311. The molecule has 0 aliphatic rings. The lowest BCUT2D eigenvalue weighted by molar-refractivity contribution is -0.141. The minimum absolute atomic E-state index is 1.05. The third-order valence-electron chi connectivity index (χ3n) is 1.84. The SMILES string of the molecule is CC(O)C(NC(=O)NCC(F)(F)C(F)F)C(=O)O. The average molecular weight is 276 g/mol. The van der Waals surface area contributed by atoms with Crippen LogP contribution in [-0.2, 0) is 4.79 Å². The first-order valence-electron chi connectivity index (χ1n) is 4.69. The maximum absolute atomic E-state index is 12.4. The Balaban J connectivity index is 4.31. The third-order valence-corrected chi connectivity index (χ3v) is 1.84. The summed E-state index contributed by atoms with van der Waals surface area (Å²) in [5.41, 5.74) is 0. The molecular formula is C8H12F4N2O4. The molecule has 18 heavy (non-hydrogen) atoms. The molecule has 0 aliphatic heterocycles. The Morgan fingerprint density at radius 3 is 2.17 bits per heavy atom. The first kappa shape index (κ1) is 16.4. The van der Waals surface area contributed by atoms with Gasteiger partial charge in [0.1, 0.15) is 0 Å². The topological polar surface area (TPSA) is 98.7 Å². The smallest absolute Gasteiger partial charge is 0.328 e. The molecule has 0 saturated carbocycles. The molecule has 0 aromatic rings. The van der Waals surface area contributed by atoms with Gasteiger partial charge in [-0.25, -0.2) is 18.4 Å². The van der Waals surface area contributed by atoms with Crippen molar-refractivity contribution >= 4 is 12.0 Å². The molecule has 6 nitrogen and oxygen atoms in total. The number of aliphatic carboxylic acids is 1. The number of nitrogens with one attached hydrogen (secondary N) is 2. The van der Waals surface area contributed by atoms with Crippen LogP contribution in [0.15, 0.2) is 0 Å². The number of carbonyl (C=O) groups excluding carboxylic acids is 1. The van der Waals surface area contributed by atoms with Gasteiger partial charge in [0.25, 0.3) is 0 Å². The van der Waals surface area contributed by atoms with E-state index in [0.717, 1.165) is 6.92 Å². The van der Waals surface area contributed by atoms with Crippen molar-refractivity contribution in [3.63, 3.8) is 0 Å². The van der Waals surface area contributed by atoms with E-state index in [4.69, 9.17) is 10.2 Å². The van der Waals surface area contributed by atoms with Gasteiger partial charge in [-0.1, -0.05) is 0 Å². The first-order valence-corrected chi connectivity index (χ1v) is 4.69. The fourth-order valence-corrected chi connectivity index (χ4v) is 0.856. The number of amides is 2. The van der Waals surface area contributed by atoms with Crippen LogP contribution in [0.1, 0.15) is 6.92 Å². The highest BCUT2D eigenvalue weighted by molar-refractivity contribution is 5.82. The summed E-state index contributed by atoms with van der Waals surface area (Å²) in [6.07, 6.45) is -5.44. The van der Waals surface area contributed by atoms with E-state index in [1.165, 1.54) is 5.32 Å². The summed E-state index contributed by atoms with van der Waals surface area (Å²) >= 11 is 0. The lowest BCUT2D eigenvalue weighted by Gasteiger charge is -2.19. The Kier molecular flexibility index (Phi) is 5.82. The zero-order valence-electron chi connectivity index (χ0n) is 9.16. The summed E-state index contributed by atoms with van der Waals surface area (Å²) in [5.74, 6) is -6.01. The van der Waals surface area contributed by atoms with Gasteiger partial charge < -0.3 is 20.8 Å². The van der Waals surface area contributed by atoms with Gasteiger partial charge in [-0.3, -0.25) is 0 Å². The molecule has 0 saturated heterocycles. The second kappa shape index (κ2) is 6.38. The minimum atomic E-state index is -4.42. The molecular weight excluding hydrogens is 264 g/mol. The van der Waals surface area contributed by atoms with Crippen molar-refractivity contribution in [1.29, 1.82) is 0 Å². The second-order valence-electron chi connectivity index (χ2n) is 3.45. The number of urea groups is 1. The molecule has 0 fully saturated rings. The summed E-state index contributed by atoms with van der Waals surface area (Å²) in [4.78, 5) is 21.5. The zero-order valence-corrected chi connectivity index (χ0v) is 9.16. The van der Waals surface area contributed by atoms with E-state index in [1.54, 1.807) is 5.32 Å². The van der Waals surface area contributed by atoms with Crippen molar-refractivity contribution < 1.29 is 37.4 Å². The van der Waals surface area contributed by atoms with E-state index >= 15 is 0 Å². The average Bonchev–Trinajstić information content (AvgIpc) is 2.22. The highest BCUT2D eigenvalue weighted by Gasteiger charge is 2.41. The number of hydrogen-bond donors (Lipinski definition) is 4. The van der Waals surface area contributed by atoms with Crippen LogP contribution in [0, 0.1) is 0 Å². The quantitative estimate of drug-likeness (QED) is 0.514. The number of rotatable bonds is 6. The Morgan fingerprint density at radius 2 is 1.83 bits per heavy atom. The molecule has 4 N–H and O–H groups in total. The fourth-order valence-electron chi connectivity index (χ4n) is 0.856. The molecule has 10 heteroatoms. The van der Waals surface area contributed by atoms with Crippen LogP contribution in [-0.4, -0.2) is 53.3 Å². The van der Waals surface area contributed by atoms with Crippen molar-refractivity contribution in [3.8, 4) is 0 Å². The predicted molar refractivity (Wildman–Crippen MR) is 50.6 cm³/mol. The number of carboxylic acids is 1. The molecule has 2 atom stereocenters. The van der Waals surface area contributed by atoms with Crippen LogP contribution in [0.3, 0.4) is 0 Å². The molecule has 0 aromatic heterocycles. The molecule has 0 aromatic carbocycles. The van der Waals surface area contributed by atoms with Crippen molar-refractivity contribution in [2.24, 2.45) is 0 Å². The number of carbonyl (C=O) groups is 2. The van der Waals surface area contributed by atoms with Crippen LogP contribution >= 0.6 is 0 Å². The number of aliphatic hydroxyl groups excluding tert-OH is 1. The van der Waals surface area contributed by atoms with Gasteiger partial charge in [0.2, 0.25) is 0 Å².